The molecule has 1 aromatic heterocycles. The van der Waals surface area contributed by atoms with Crippen LogP contribution in [0.1, 0.15) is 44.6 Å². The van der Waals surface area contributed by atoms with E-state index in [2.05, 4.69) is 27.3 Å². The van der Waals surface area contributed by atoms with E-state index in [1.165, 1.54) is 42.4 Å². The number of halogens is 1. The molecule has 1 saturated carbocycles. The maximum absolute atomic E-state index is 15.0. The van der Waals surface area contributed by atoms with Crippen molar-refractivity contribution in [1.82, 2.24) is 30.6 Å². The second-order valence-electron chi connectivity index (χ2n) is 17.2. The third kappa shape index (κ3) is 11.2. The van der Waals surface area contributed by atoms with Gasteiger partial charge in [0.15, 0.2) is 0 Å². The number of amides is 5. The van der Waals surface area contributed by atoms with Gasteiger partial charge in [-0.3, -0.25) is 19.2 Å². The number of likely N-dealkylation sites (tertiary alicyclic amines) is 1. The van der Waals surface area contributed by atoms with E-state index in [-0.39, 0.29) is 24.3 Å². The summed E-state index contributed by atoms with van der Waals surface area (Å²) >= 11 is 6.52. The smallest absolute Gasteiger partial charge is 0.408 e. The van der Waals surface area contributed by atoms with Gasteiger partial charge in [-0.1, -0.05) is 84.9 Å². The van der Waals surface area contributed by atoms with Crippen molar-refractivity contribution >= 4 is 62.2 Å². The molecule has 1 unspecified atom stereocenters. The molecule has 4 aromatic carbocycles. The molecule has 16 nitrogen and oxygen atoms in total. The number of methoxy groups -OCH3 is 1. The van der Waals surface area contributed by atoms with Crippen molar-refractivity contribution in [3.8, 4) is 22.8 Å². The largest absolute Gasteiger partial charge is 0.497 e. The lowest BCUT2D eigenvalue weighted by Gasteiger charge is -2.30. The molecule has 4 N–H and O–H groups in total. The van der Waals surface area contributed by atoms with Crippen molar-refractivity contribution in [2.24, 2.45) is 5.92 Å². The van der Waals surface area contributed by atoms with Crippen molar-refractivity contribution in [1.29, 1.82) is 0 Å². The van der Waals surface area contributed by atoms with Crippen molar-refractivity contribution in [3.05, 3.63) is 133 Å². The Morgan fingerprint density at radius 3 is 2.22 bits per heavy atom. The number of hydrogen-bond acceptors (Lipinski definition) is 11. The average molecular weight is 951 g/mol. The molecule has 7 rings (SSSR count). The monoisotopic (exact) mass is 950 g/mol. The number of pyridine rings is 1. The summed E-state index contributed by atoms with van der Waals surface area (Å²) < 4.78 is 46.4. The zero-order valence-corrected chi connectivity index (χ0v) is 38.8. The number of nitrogens with one attached hydrogen (secondary N) is 4. The Labute approximate surface area is 393 Å². The molecule has 5 amide bonds. The number of rotatable bonds is 16. The molecule has 1 aliphatic heterocycles. The Balaban J connectivity index is 1.23. The minimum absolute atomic E-state index is 0.0174. The molecule has 6 atom stereocenters. The summed E-state index contributed by atoms with van der Waals surface area (Å²) in [5, 5.41) is 7.43. The number of alkyl halides is 1. The van der Waals surface area contributed by atoms with Gasteiger partial charge in [-0.05, 0) is 57.0 Å². The Morgan fingerprint density at radius 1 is 0.940 bits per heavy atom. The van der Waals surface area contributed by atoms with E-state index in [0.29, 0.717) is 33.7 Å². The minimum Gasteiger partial charge on any atom is -0.497 e. The third-order valence-electron chi connectivity index (χ3n) is 11.3. The first kappa shape index (κ1) is 48.0. The summed E-state index contributed by atoms with van der Waals surface area (Å²) in [5.74, 6) is -3.00. The van der Waals surface area contributed by atoms with E-state index < -0.39 is 86.9 Å². The van der Waals surface area contributed by atoms with Crippen LogP contribution >= 0.6 is 11.6 Å². The molecule has 2 fully saturated rings. The van der Waals surface area contributed by atoms with Gasteiger partial charge in [-0.15, -0.1) is 18.2 Å². The normalized spacial score (nSPS) is 19.8. The van der Waals surface area contributed by atoms with Crippen molar-refractivity contribution in [2.75, 3.05) is 20.2 Å². The van der Waals surface area contributed by atoms with Gasteiger partial charge in [-0.25, -0.2) is 22.9 Å². The Morgan fingerprint density at radius 2 is 1.60 bits per heavy atom. The number of aromatic nitrogens is 1. The number of nitrogens with zero attached hydrogens (tertiary/aromatic N) is 2. The van der Waals surface area contributed by atoms with Crippen LogP contribution in [0.5, 0.6) is 11.5 Å². The van der Waals surface area contributed by atoms with Crippen molar-refractivity contribution in [2.45, 2.75) is 73.2 Å². The summed E-state index contributed by atoms with van der Waals surface area (Å²) in [5.41, 5.74) is -0.315. The Kier molecular flexibility index (Phi) is 14.2. The highest BCUT2D eigenvalue weighted by Gasteiger charge is 2.61. The lowest BCUT2D eigenvalue weighted by Crippen LogP contribution is -2.59. The summed E-state index contributed by atoms with van der Waals surface area (Å²) in [4.78, 5) is 76.2. The van der Waals surface area contributed by atoms with Crippen molar-refractivity contribution < 1.29 is 46.6 Å². The van der Waals surface area contributed by atoms with Gasteiger partial charge in [0, 0.05) is 42.0 Å². The minimum atomic E-state index is -4.35. The fourth-order valence-electron chi connectivity index (χ4n) is 7.84. The van der Waals surface area contributed by atoms with E-state index >= 15 is 0 Å². The zero-order chi connectivity index (χ0) is 48.1. The van der Waals surface area contributed by atoms with E-state index in [4.69, 9.17) is 30.8 Å². The number of alkyl carbamates (subject to hydrolysis) is 1. The highest BCUT2D eigenvalue weighted by Crippen LogP contribution is 2.45. The number of benzene rings is 4. The van der Waals surface area contributed by atoms with Crippen LogP contribution in [0.15, 0.2) is 133 Å². The summed E-state index contributed by atoms with van der Waals surface area (Å²) in [6, 6.07) is 29.4. The number of fused-ring (bicyclic) bond motifs is 1. The zero-order valence-electron chi connectivity index (χ0n) is 37.2. The Bertz CT molecular complexity index is 2780. The number of carbonyl (C=O) groups is 5. The lowest BCUT2D eigenvalue weighted by atomic mass is 10.1. The predicted octanol–water partition coefficient (Wildman–Crippen LogP) is 5.81. The van der Waals surface area contributed by atoms with Gasteiger partial charge in [0.25, 0.3) is 15.9 Å². The summed E-state index contributed by atoms with van der Waals surface area (Å²) in [6.45, 7) is 8.02. The number of carbonyl (C=O) groups excluding carboxylic acids is 5. The summed E-state index contributed by atoms with van der Waals surface area (Å²) in [6.07, 6.45) is -0.525. The molecular formula is C49H51ClN6O10S. The van der Waals surface area contributed by atoms with E-state index in [0.717, 1.165) is 5.56 Å². The first-order valence-corrected chi connectivity index (χ1v) is 23.4. The highest BCUT2D eigenvalue weighted by atomic mass is 35.5. The molecule has 2 aliphatic rings. The summed E-state index contributed by atoms with van der Waals surface area (Å²) in [7, 11) is -2.82. The molecule has 0 spiro atoms. The second kappa shape index (κ2) is 19.9. The van der Waals surface area contributed by atoms with Crippen LogP contribution < -0.4 is 30.1 Å². The molecule has 67 heavy (non-hydrogen) atoms. The topological polar surface area (TPSA) is 211 Å². The standard InChI is InChI=1S/C49H51ClN6O10S/c1-6-32-27-49(32,46(60)55-67(62,63)35-20-14-9-15-21-35)54-43(57)40-25-34(65-41-26-37(30-16-10-7-11-17-30)52-38-24-33(64-5)22-23-36(38)41)29-56(40)45(59)39(53-47(61)66-48(2,3)4)28-51-44(58)42(50)31-18-12-8-13-19-31/h6-24,26,32,34,39-40,42H,1,25,27-29H2,2-5H3,(H,51,58)(H,53,61)(H,54,57)(H,55,60)/t32-,34-,39+,40+,42?,49-/m1/s1. The number of sulfonamides is 1. The maximum Gasteiger partial charge on any atom is 0.408 e. The van der Waals surface area contributed by atoms with Gasteiger partial charge in [-0.2, -0.15) is 0 Å². The fraction of sp³-hybridized carbons (Fsp3) is 0.306. The van der Waals surface area contributed by atoms with Gasteiger partial charge in [0.2, 0.25) is 17.7 Å². The average Bonchev–Trinajstić information content (AvgIpc) is 3.88. The first-order chi connectivity index (χ1) is 31.9. The van der Waals surface area contributed by atoms with E-state index in [1.54, 1.807) is 81.4 Å². The van der Waals surface area contributed by atoms with Crippen LogP contribution in [0.4, 0.5) is 4.79 Å². The Hall–Kier alpha value is -6.98. The van der Waals surface area contributed by atoms with Crippen LogP contribution in [0.3, 0.4) is 0 Å². The predicted molar refractivity (Wildman–Crippen MR) is 250 cm³/mol. The van der Waals surface area contributed by atoms with Crippen LogP contribution in [-0.2, 0) is 33.9 Å². The molecule has 0 radical (unpaired) electrons. The fourth-order valence-corrected chi connectivity index (χ4v) is 9.12. The quantitative estimate of drug-likeness (QED) is 0.0685. The maximum atomic E-state index is 15.0. The molecule has 0 bridgehead atoms. The van der Waals surface area contributed by atoms with Crippen LogP contribution in [0.2, 0.25) is 0 Å². The van der Waals surface area contributed by atoms with Gasteiger partial charge >= 0.3 is 6.09 Å². The lowest BCUT2D eigenvalue weighted by molar-refractivity contribution is -0.141. The van der Waals surface area contributed by atoms with Crippen LogP contribution in [0.25, 0.3) is 22.2 Å². The molecule has 350 valence electrons. The molecule has 5 aromatic rings. The third-order valence-corrected chi connectivity index (χ3v) is 13.1. The number of hydrogen-bond donors (Lipinski definition) is 4. The van der Waals surface area contributed by atoms with Gasteiger partial charge in [0.05, 0.1) is 29.8 Å². The van der Waals surface area contributed by atoms with Gasteiger partial charge < -0.3 is 35.1 Å². The SMILES string of the molecule is C=C[C@@H]1C[C@]1(NC(=O)[C@@H]1C[C@@H](Oc2cc(-c3ccccc3)nc3cc(OC)ccc23)CN1C(=O)[C@H](CNC(=O)C(Cl)c1ccccc1)NC(=O)OC(C)(C)C)C(=O)NS(=O)(=O)c1ccccc1. The van der Waals surface area contributed by atoms with E-state index in [9.17, 15) is 32.4 Å². The molecule has 2 heterocycles. The van der Waals surface area contributed by atoms with Crippen molar-refractivity contribution in [3.63, 3.8) is 0 Å². The number of ether oxygens (including phenoxy) is 3. The second-order valence-corrected chi connectivity index (χ2v) is 19.3. The first-order valence-electron chi connectivity index (χ1n) is 21.5. The molecular weight excluding hydrogens is 900 g/mol. The van der Waals surface area contributed by atoms with Gasteiger partial charge in [0.1, 0.15) is 46.2 Å². The van der Waals surface area contributed by atoms with Crippen LogP contribution in [-0.4, -0.2) is 97.6 Å². The molecule has 1 saturated heterocycles. The molecule has 1 aliphatic carbocycles. The van der Waals surface area contributed by atoms with Crippen LogP contribution in [0, 0.1) is 5.92 Å². The highest BCUT2D eigenvalue weighted by molar-refractivity contribution is 7.90. The van der Waals surface area contributed by atoms with E-state index in [1.807, 2.05) is 30.3 Å². The molecule has 18 heteroatoms.